The summed E-state index contributed by atoms with van der Waals surface area (Å²) in [5.41, 5.74) is 3.16. The second kappa shape index (κ2) is 8.35. The summed E-state index contributed by atoms with van der Waals surface area (Å²) in [6.07, 6.45) is 5.77. The van der Waals surface area contributed by atoms with Crippen molar-refractivity contribution in [3.05, 3.63) is 59.2 Å². The predicted molar refractivity (Wildman–Crippen MR) is 100.0 cm³/mol. The predicted octanol–water partition coefficient (Wildman–Crippen LogP) is 6.35. The van der Waals surface area contributed by atoms with Crippen LogP contribution in [-0.4, -0.2) is 13.7 Å². The van der Waals surface area contributed by atoms with Crippen molar-refractivity contribution in [2.45, 2.75) is 39.0 Å². The quantitative estimate of drug-likeness (QED) is 0.580. The summed E-state index contributed by atoms with van der Waals surface area (Å²) in [5.74, 6) is -0.986. The fourth-order valence-corrected chi connectivity index (χ4v) is 3.49. The Balaban J connectivity index is 1.91. The van der Waals surface area contributed by atoms with Crippen molar-refractivity contribution < 1.29 is 18.3 Å². The van der Waals surface area contributed by atoms with Crippen LogP contribution in [0.5, 0.6) is 5.75 Å². The normalized spacial score (nSPS) is 14.2. The highest BCUT2D eigenvalue weighted by Gasteiger charge is 2.17. The molecule has 0 unspecified atom stereocenters. The lowest BCUT2D eigenvalue weighted by atomic mass is 9.91. The number of ether oxygens (including phenoxy) is 2. The standard InChI is InChI=1S/C22H24F2O2/c1-3-26-19-14-13-18(20(23)21(19)24)15-9-11-17(12-10-15)22(25-2)16-7-5-4-6-8-16/h9-14H,3-8H2,1-2H3. The van der Waals surface area contributed by atoms with E-state index in [0.29, 0.717) is 12.2 Å². The first kappa shape index (κ1) is 18.4. The Kier molecular flexibility index (Phi) is 5.92. The van der Waals surface area contributed by atoms with Crippen molar-refractivity contribution in [2.75, 3.05) is 13.7 Å². The molecule has 1 aliphatic rings. The third-order valence-electron chi connectivity index (χ3n) is 4.79. The van der Waals surface area contributed by atoms with Gasteiger partial charge in [-0.2, -0.15) is 4.39 Å². The van der Waals surface area contributed by atoms with E-state index in [9.17, 15) is 8.78 Å². The lowest BCUT2D eigenvalue weighted by Gasteiger charge is -2.19. The highest BCUT2D eigenvalue weighted by molar-refractivity contribution is 5.70. The van der Waals surface area contributed by atoms with E-state index < -0.39 is 11.6 Å². The summed E-state index contributed by atoms with van der Waals surface area (Å²) in [5, 5.41) is 0. The zero-order valence-electron chi connectivity index (χ0n) is 15.3. The molecule has 2 nitrogen and oxygen atoms in total. The van der Waals surface area contributed by atoms with Crippen LogP contribution >= 0.6 is 0 Å². The molecule has 0 aromatic heterocycles. The van der Waals surface area contributed by atoms with Gasteiger partial charge in [0.2, 0.25) is 5.82 Å². The Morgan fingerprint density at radius 2 is 1.62 bits per heavy atom. The summed E-state index contributed by atoms with van der Waals surface area (Å²) < 4.78 is 39.2. The van der Waals surface area contributed by atoms with Gasteiger partial charge in [-0.1, -0.05) is 30.7 Å². The van der Waals surface area contributed by atoms with Crippen molar-refractivity contribution in [1.29, 1.82) is 0 Å². The van der Waals surface area contributed by atoms with E-state index in [2.05, 4.69) is 0 Å². The third-order valence-corrected chi connectivity index (χ3v) is 4.79. The maximum atomic E-state index is 14.4. The van der Waals surface area contributed by atoms with Crippen molar-refractivity contribution in [2.24, 2.45) is 0 Å². The average Bonchev–Trinajstić information content (AvgIpc) is 2.68. The van der Waals surface area contributed by atoms with E-state index in [0.717, 1.165) is 24.2 Å². The molecule has 0 aliphatic heterocycles. The molecular formula is C22H24F2O2. The minimum Gasteiger partial charge on any atom is -0.496 e. The summed E-state index contributed by atoms with van der Waals surface area (Å²) >= 11 is 0. The minimum absolute atomic E-state index is 0.0610. The van der Waals surface area contributed by atoms with E-state index in [4.69, 9.17) is 9.47 Å². The van der Waals surface area contributed by atoms with E-state index in [1.54, 1.807) is 32.2 Å². The summed E-state index contributed by atoms with van der Waals surface area (Å²) in [6, 6.07) is 10.4. The monoisotopic (exact) mass is 358 g/mol. The highest BCUT2D eigenvalue weighted by Crippen LogP contribution is 2.33. The summed E-state index contributed by atoms with van der Waals surface area (Å²) in [4.78, 5) is 0. The van der Waals surface area contributed by atoms with E-state index in [-0.39, 0.29) is 11.3 Å². The van der Waals surface area contributed by atoms with Gasteiger partial charge in [-0.05, 0) is 55.9 Å². The van der Waals surface area contributed by atoms with Crippen molar-refractivity contribution >= 4 is 5.76 Å². The number of allylic oxidation sites excluding steroid dienone is 1. The molecule has 0 atom stereocenters. The second-order valence-electron chi connectivity index (χ2n) is 6.45. The van der Waals surface area contributed by atoms with Gasteiger partial charge < -0.3 is 9.47 Å². The Hall–Kier alpha value is -2.36. The fourth-order valence-electron chi connectivity index (χ4n) is 3.49. The number of methoxy groups -OCH3 is 1. The number of halogens is 2. The van der Waals surface area contributed by atoms with Crippen molar-refractivity contribution in [3.63, 3.8) is 0 Å². The largest absolute Gasteiger partial charge is 0.496 e. The van der Waals surface area contributed by atoms with Gasteiger partial charge in [-0.25, -0.2) is 4.39 Å². The first-order chi connectivity index (χ1) is 12.7. The van der Waals surface area contributed by atoms with Crippen molar-refractivity contribution in [3.8, 4) is 16.9 Å². The molecule has 138 valence electrons. The number of rotatable bonds is 5. The number of benzene rings is 2. The zero-order chi connectivity index (χ0) is 18.5. The molecule has 26 heavy (non-hydrogen) atoms. The zero-order valence-corrected chi connectivity index (χ0v) is 15.3. The maximum Gasteiger partial charge on any atom is 0.201 e. The number of hydrogen-bond acceptors (Lipinski definition) is 2. The van der Waals surface area contributed by atoms with Crippen LogP contribution in [0.1, 0.15) is 44.6 Å². The second-order valence-corrected chi connectivity index (χ2v) is 6.45. The molecular weight excluding hydrogens is 334 g/mol. The molecule has 0 amide bonds. The van der Waals surface area contributed by atoms with Crippen LogP contribution in [0, 0.1) is 11.6 Å². The average molecular weight is 358 g/mol. The van der Waals surface area contributed by atoms with Gasteiger partial charge in [-0.3, -0.25) is 0 Å². The minimum atomic E-state index is -0.949. The summed E-state index contributed by atoms with van der Waals surface area (Å²) in [7, 11) is 1.69. The summed E-state index contributed by atoms with van der Waals surface area (Å²) in [6.45, 7) is 2.02. The SMILES string of the molecule is CCOc1ccc(-c2ccc(C(OC)=C3CCCCC3)cc2)c(F)c1F. The van der Waals surface area contributed by atoms with Gasteiger partial charge >= 0.3 is 0 Å². The van der Waals surface area contributed by atoms with Gasteiger partial charge in [0.15, 0.2) is 11.6 Å². The molecule has 2 aromatic carbocycles. The van der Waals surface area contributed by atoms with Crippen molar-refractivity contribution in [1.82, 2.24) is 0 Å². The first-order valence-electron chi connectivity index (χ1n) is 9.13. The fraction of sp³-hybridized carbons (Fsp3) is 0.364. The molecule has 0 heterocycles. The number of hydrogen-bond donors (Lipinski definition) is 0. The van der Waals surface area contributed by atoms with Gasteiger partial charge in [0, 0.05) is 11.1 Å². The van der Waals surface area contributed by atoms with Crippen LogP contribution in [0.4, 0.5) is 8.78 Å². The van der Waals surface area contributed by atoms with Gasteiger partial charge in [0.05, 0.1) is 13.7 Å². The Morgan fingerprint density at radius 1 is 0.923 bits per heavy atom. The van der Waals surface area contributed by atoms with Gasteiger partial charge in [0.1, 0.15) is 5.76 Å². The molecule has 1 saturated carbocycles. The topological polar surface area (TPSA) is 18.5 Å². The molecule has 0 bridgehead atoms. The molecule has 3 rings (SSSR count). The van der Waals surface area contributed by atoms with Gasteiger partial charge in [0.25, 0.3) is 0 Å². The van der Waals surface area contributed by atoms with Crippen LogP contribution in [0.3, 0.4) is 0 Å². The van der Waals surface area contributed by atoms with Gasteiger partial charge in [-0.15, -0.1) is 0 Å². The third kappa shape index (κ3) is 3.74. The lowest BCUT2D eigenvalue weighted by Crippen LogP contribution is -2.00. The van der Waals surface area contributed by atoms with E-state index >= 15 is 0 Å². The molecule has 1 fully saturated rings. The highest BCUT2D eigenvalue weighted by atomic mass is 19.2. The molecule has 1 aliphatic carbocycles. The van der Waals surface area contributed by atoms with Crippen LogP contribution in [0.25, 0.3) is 16.9 Å². The smallest absolute Gasteiger partial charge is 0.201 e. The molecule has 4 heteroatoms. The molecule has 2 aromatic rings. The Morgan fingerprint density at radius 3 is 2.23 bits per heavy atom. The van der Waals surface area contributed by atoms with Crippen LogP contribution < -0.4 is 4.74 Å². The van der Waals surface area contributed by atoms with Crippen LogP contribution in [-0.2, 0) is 4.74 Å². The Labute approximate surface area is 153 Å². The molecule has 0 spiro atoms. The van der Waals surface area contributed by atoms with E-state index in [1.807, 2.05) is 12.1 Å². The molecule has 0 N–H and O–H groups in total. The maximum absolute atomic E-state index is 14.4. The first-order valence-corrected chi connectivity index (χ1v) is 9.13. The Bertz CT molecular complexity index is 787. The molecule has 0 radical (unpaired) electrons. The van der Waals surface area contributed by atoms with E-state index in [1.165, 1.54) is 30.9 Å². The molecule has 0 saturated heterocycles. The van der Waals surface area contributed by atoms with Crippen LogP contribution in [0.15, 0.2) is 42.0 Å². The van der Waals surface area contributed by atoms with Crippen LogP contribution in [0.2, 0.25) is 0 Å². The lowest BCUT2D eigenvalue weighted by molar-refractivity contribution is 0.314.